The zero-order valence-corrected chi connectivity index (χ0v) is 16.4. The van der Waals surface area contributed by atoms with Crippen LogP contribution in [0.3, 0.4) is 0 Å². The first kappa shape index (κ1) is 20.3. The number of anilines is 4. The number of nitrogens with zero attached hydrogens (tertiary/aromatic N) is 1. The standard InChI is InChI=1S/C21H22F3N3O3/c1-13-10-15(27-8-6-16(12-27)30-21(22,23)24)3-5-17(13)25-14-2-4-18-19(11-14)29-9-7-20(28)26-18/h2-5,10-11,16,25H,6-9,12H2,1H3,(H,26,28). The summed E-state index contributed by atoms with van der Waals surface area (Å²) in [6.45, 7) is 2.98. The van der Waals surface area contributed by atoms with Crippen LogP contribution in [0, 0.1) is 6.92 Å². The predicted molar refractivity (Wildman–Crippen MR) is 107 cm³/mol. The summed E-state index contributed by atoms with van der Waals surface area (Å²) in [5, 5.41) is 6.13. The minimum absolute atomic E-state index is 0.0781. The molecule has 9 heteroatoms. The molecule has 2 N–H and O–H groups in total. The van der Waals surface area contributed by atoms with Gasteiger partial charge in [-0.2, -0.15) is 0 Å². The lowest BCUT2D eigenvalue weighted by Gasteiger charge is -2.21. The predicted octanol–water partition coefficient (Wildman–Crippen LogP) is 4.57. The van der Waals surface area contributed by atoms with Crippen molar-refractivity contribution in [3.05, 3.63) is 42.0 Å². The molecule has 4 rings (SSSR count). The maximum Gasteiger partial charge on any atom is 0.522 e. The van der Waals surface area contributed by atoms with Crippen LogP contribution in [0.25, 0.3) is 0 Å². The summed E-state index contributed by atoms with van der Waals surface area (Å²) in [4.78, 5) is 13.5. The monoisotopic (exact) mass is 421 g/mol. The number of alkyl halides is 3. The van der Waals surface area contributed by atoms with Gasteiger partial charge >= 0.3 is 6.36 Å². The first-order valence-electron chi connectivity index (χ1n) is 9.71. The highest BCUT2D eigenvalue weighted by Gasteiger charge is 2.36. The van der Waals surface area contributed by atoms with Crippen molar-refractivity contribution in [2.75, 3.05) is 35.2 Å². The zero-order chi connectivity index (χ0) is 21.3. The summed E-state index contributed by atoms with van der Waals surface area (Å²) in [6, 6.07) is 11.2. The number of halogens is 3. The fourth-order valence-corrected chi connectivity index (χ4v) is 3.68. The summed E-state index contributed by atoms with van der Waals surface area (Å²) >= 11 is 0. The molecule has 0 saturated carbocycles. The average Bonchev–Trinajstić information content (AvgIpc) is 3.03. The molecule has 2 aliphatic heterocycles. The van der Waals surface area contributed by atoms with Crippen LogP contribution in [-0.2, 0) is 9.53 Å². The van der Waals surface area contributed by atoms with Gasteiger partial charge in [0.1, 0.15) is 5.75 Å². The van der Waals surface area contributed by atoms with Gasteiger partial charge in [0.15, 0.2) is 0 Å². The van der Waals surface area contributed by atoms with Crippen molar-refractivity contribution in [2.45, 2.75) is 32.2 Å². The lowest BCUT2D eigenvalue weighted by Crippen LogP contribution is -2.27. The number of aryl methyl sites for hydroxylation is 1. The van der Waals surface area contributed by atoms with Crippen molar-refractivity contribution in [3.63, 3.8) is 0 Å². The van der Waals surface area contributed by atoms with Gasteiger partial charge in [-0.3, -0.25) is 9.53 Å². The molecule has 1 saturated heterocycles. The van der Waals surface area contributed by atoms with Crippen molar-refractivity contribution < 1.29 is 27.4 Å². The number of rotatable bonds is 4. The second-order valence-corrected chi connectivity index (χ2v) is 7.40. The van der Waals surface area contributed by atoms with E-state index in [1.165, 1.54) is 0 Å². The Balaban J connectivity index is 1.44. The van der Waals surface area contributed by atoms with Crippen LogP contribution < -0.4 is 20.3 Å². The largest absolute Gasteiger partial charge is 0.522 e. The molecular weight excluding hydrogens is 399 g/mol. The maximum atomic E-state index is 12.4. The van der Waals surface area contributed by atoms with Crippen LogP contribution in [0.1, 0.15) is 18.4 Å². The van der Waals surface area contributed by atoms with Gasteiger partial charge in [0.05, 0.1) is 24.8 Å². The summed E-state index contributed by atoms with van der Waals surface area (Å²) in [5.41, 5.74) is 4.13. The first-order valence-corrected chi connectivity index (χ1v) is 9.71. The van der Waals surface area contributed by atoms with Gasteiger partial charge in [0.2, 0.25) is 5.91 Å². The van der Waals surface area contributed by atoms with E-state index >= 15 is 0 Å². The van der Waals surface area contributed by atoms with Gasteiger partial charge in [-0.15, -0.1) is 13.2 Å². The molecule has 2 aromatic rings. The number of hydrogen-bond acceptors (Lipinski definition) is 5. The summed E-state index contributed by atoms with van der Waals surface area (Å²) in [6.07, 6.45) is -4.80. The SMILES string of the molecule is Cc1cc(N2CCC(OC(F)(F)F)C2)ccc1Nc1ccc2c(c1)OCCC(=O)N2. The Morgan fingerprint density at radius 1 is 1.23 bits per heavy atom. The van der Waals surface area contributed by atoms with Crippen LogP contribution in [0.4, 0.5) is 35.9 Å². The van der Waals surface area contributed by atoms with E-state index in [1.807, 2.05) is 42.2 Å². The molecular formula is C21H22F3N3O3. The molecule has 0 bridgehead atoms. The Bertz CT molecular complexity index is 949. The fourth-order valence-electron chi connectivity index (χ4n) is 3.68. The molecule has 1 unspecified atom stereocenters. The molecule has 1 amide bonds. The van der Waals surface area contributed by atoms with Crippen LogP contribution in [0.15, 0.2) is 36.4 Å². The van der Waals surface area contributed by atoms with E-state index < -0.39 is 12.5 Å². The highest BCUT2D eigenvalue weighted by molar-refractivity contribution is 5.93. The number of carbonyl (C=O) groups is 1. The molecule has 30 heavy (non-hydrogen) atoms. The van der Waals surface area contributed by atoms with Crippen molar-refractivity contribution in [1.29, 1.82) is 0 Å². The summed E-state index contributed by atoms with van der Waals surface area (Å²) < 4.78 is 47.1. The maximum absolute atomic E-state index is 12.4. The lowest BCUT2D eigenvalue weighted by molar-refractivity contribution is -0.339. The third-order valence-corrected chi connectivity index (χ3v) is 5.14. The molecule has 1 fully saturated rings. The van der Waals surface area contributed by atoms with Gasteiger partial charge in [0.25, 0.3) is 0 Å². The normalized spacial score (nSPS) is 19.0. The highest BCUT2D eigenvalue weighted by atomic mass is 19.4. The number of benzene rings is 2. The van der Waals surface area contributed by atoms with Crippen molar-refractivity contribution in [1.82, 2.24) is 0 Å². The Kier molecular flexibility index (Phi) is 5.46. The van der Waals surface area contributed by atoms with Gasteiger partial charge in [-0.05, 0) is 49.2 Å². The fraction of sp³-hybridized carbons (Fsp3) is 0.381. The van der Waals surface area contributed by atoms with E-state index in [0.717, 1.165) is 22.6 Å². The summed E-state index contributed by atoms with van der Waals surface area (Å²) in [5.74, 6) is 0.526. The molecule has 0 aromatic heterocycles. The number of nitrogens with one attached hydrogen (secondary N) is 2. The van der Waals surface area contributed by atoms with Crippen LogP contribution in [0.2, 0.25) is 0 Å². The molecule has 2 aromatic carbocycles. The van der Waals surface area contributed by atoms with Gasteiger partial charge < -0.3 is 20.3 Å². The highest BCUT2D eigenvalue weighted by Crippen LogP contribution is 2.34. The molecule has 2 aliphatic rings. The van der Waals surface area contributed by atoms with E-state index in [-0.39, 0.29) is 12.5 Å². The number of fused-ring (bicyclic) bond motifs is 1. The average molecular weight is 421 g/mol. The Morgan fingerprint density at radius 2 is 2.07 bits per heavy atom. The van der Waals surface area contributed by atoms with Gasteiger partial charge in [-0.25, -0.2) is 0 Å². The van der Waals surface area contributed by atoms with E-state index in [4.69, 9.17) is 4.74 Å². The molecule has 0 aliphatic carbocycles. The Hall–Kier alpha value is -2.94. The van der Waals surface area contributed by atoms with Crippen molar-refractivity contribution in [2.24, 2.45) is 0 Å². The smallest absolute Gasteiger partial charge is 0.491 e. The molecule has 160 valence electrons. The second kappa shape index (κ2) is 8.06. The van der Waals surface area contributed by atoms with E-state index in [1.54, 1.807) is 6.07 Å². The van der Waals surface area contributed by atoms with Crippen molar-refractivity contribution in [3.8, 4) is 5.75 Å². The minimum Gasteiger partial charge on any atom is -0.491 e. The van der Waals surface area contributed by atoms with Crippen LogP contribution in [-0.4, -0.2) is 38.1 Å². The Morgan fingerprint density at radius 3 is 2.83 bits per heavy atom. The number of hydrogen-bond donors (Lipinski definition) is 2. The van der Waals surface area contributed by atoms with Crippen LogP contribution >= 0.6 is 0 Å². The van der Waals surface area contributed by atoms with Gasteiger partial charge in [0, 0.05) is 36.2 Å². The third-order valence-electron chi connectivity index (χ3n) is 5.14. The quantitative estimate of drug-likeness (QED) is 0.757. The lowest BCUT2D eigenvalue weighted by atomic mass is 10.1. The second-order valence-electron chi connectivity index (χ2n) is 7.40. The third kappa shape index (κ3) is 4.79. The number of amides is 1. The zero-order valence-electron chi connectivity index (χ0n) is 16.4. The molecule has 1 atom stereocenters. The van der Waals surface area contributed by atoms with E-state index in [2.05, 4.69) is 15.4 Å². The topological polar surface area (TPSA) is 62.8 Å². The number of carbonyl (C=O) groups excluding carboxylic acids is 1. The molecule has 0 spiro atoms. The van der Waals surface area contributed by atoms with Crippen LogP contribution in [0.5, 0.6) is 5.75 Å². The number of ether oxygens (including phenoxy) is 2. The Labute approximate surface area is 172 Å². The van der Waals surface area contributed by atoms with Gasteiger partial charge in [-0.1, -0.05) is 0 Å². The molecule has 6 nitrogen and oxygen atoms in total. The molecule has 2 heterocycles. The van der Waals surface area contributed by atoms with E-state index in [9.17, 15) is 18.0 Å². The molecule has 0 radical (unpaired) electrons. The summed E-state index contributed by atoms with van der Waals surface area (Å²) in [7, 11) is 0. The minimum atomic E-state index is -4.61. The van der Waals surface area contributed by atoms with E-state index in [0.29, 0.717) is 37.4 Å². The first-order chi connectivity index (χ1) is 14.3. The van der Waals surface area contributed by atoms with Crippen molar-refractivity contribution >= 4 is 28.7 Å².